The Bertz CT molecular complexity index is 1490. The van der Waals surface area contributed by atoms with E-state index in [-0.39, 0.29) is 17.5 Å². The third-order valence-corrected chi connectivity index (χ3v) is 7.03. The quantitative estimate of drug-likeness (QED) is 0.271. The maximum absolute atomic E-state index is 14.7. The fourth-order valence-corrected chi connectivity index (χ4v) is 4.98. The number of fused-ring (bicyclic) bond motifs is 1. The Morgan fingerprint density at radius 3 is 2.25 bits per heavy atom. The molecule has 1 amide bonds. The molecule has 0 bridgehead atoms. The summed E-state index contributed by atoms with van der Waals surface area (Å²) < 4.78 is 52.0. The first-order valence-corrected chi connectivity index (χ1v) is 13.1. The average Bonchev–Trinajstić information content (AvgIpc) is 3.35. The summed E-state index contributed by atoms with van der Waals surface area (Å²) in [5.74, 6) is -0.565. The molecule has 2 heterocycles. The average molecular weight is 554 g/mol. The summed E-state index contributed by atoms with van der Waals surface area (Å²) in [6.45, 7) is 8.07. The van der Waals surface area contributed by atoms with E-state index >= 15 is 0 Å². The van der Waals surface area contributed by atoms with E-state index in [1.165, 1.54) is 13.2 Å². The van der Waals surface area contributed by atoms with Crippen molar-refractivity contribution in [3.63, 3.8) is 0 Å². The lowest BCUT2D eigenvalue weighted by Gasteiger charge is -2.34. The van der Waals surface area contributed by atoms with Gasteiger partial charge in [-0.05, 0) is 42.2 Å². The smallest absolute Gasteiger partial charge is 0.209 e. The van der Waals surface area contributed by atoms with Crippen LogP contribution in [0.3, 0.4) is 0 Å². The molecule has 1 N–H and O–H groups in total. The Balaban J connectivity index is 0.000000189. The second-order valence-corrected chi connectivity index (χ2v) is 9.99. The van der Waals surface area contributed by atoms with E-state index < -0.39 is 11.6 Å². The highest BCUT2D eigenvalue weighted by Crippen LogP contribution is 2.39. The minimum atomic E-state index is -0.717. The summed E-state index contributed by atoms with van der Waals surface area (Å²) in [6.07, 6.45) is 0.779. The molecule has 9 heteroatoms. The number of aryl methyl sites for hydroxylation is 1. The van der Waals surface area contributed by atoms with E-state index in [9.17, 15) is 18.0 Å². The fourth-order valence-electron chi connectivity index (χ4n) is 4.98. The molecule has 0 aliphatic carbocycles. The molecule has 0 spiro atoms. The van der Waals surface area contributed by atoms with Gasteiger partial charge in [-0.1, -0.05) is 32.0 Å². The van der Waals surface area contributed by atoms with Crippen LogP contribution in [0.15, 0.2) is 48.5 Å². The number of carbonyl (C=O) groups excluding carboxylic acids is 1. The maximum Gasteiger partial charge on any atom is 0.209 e. The number of rotatable bonds is 6. The molecule has 3 aromatic carbocycles. The number of aromatic amines is 1. The van der Waals surface area contributed by atoms with Crippen molar-refractivity contribution >= 4 is 23.0 Å². The van der Waals surface area contributed by atoms with Crippen molar-refractivity contribution in [2.75, 3.05) is 45.3 Å². The van der Waals surface area contributed by atoms with Crippen LogP contribution in [0.25, 0.3) is 22.0 Å². The van der Waals surface area contributed by atoms with Crippen LogP contribution in [-0.4, -0.2) is 56.7 Å². The highest BCUT2D eigenvalue weighted by Gasteiger charge is 2.22. The molecule has 5 rings (SSSR count). The number of halogens is 3. The number of hydrogen-bond acceptors (Lipinski definition) is 4. The number of H-pyrrole nitrogens is 1. The summed E-state index contributed by atoms with van der Waals surface area (Å²) >= 11 is 0. The SMILES string of the molecule is COc1c(F)cc(F)cc1N1CCN(C=O)CC1.COc1ccccc1-c1cc(C(C)C)c(F)c2[nH]c(C)cc12. The van der Waals surface area contributed by atoms with Crippen LogP contribution in [0.5, 0.6) is 11.5 Å². The number of para-hydroxylation sites is 1. The third-order valence-electron chi connectivity index (χ3n) is 7.03. The van der Waals surface area contributed by atoms with Crippen molar-refractivity contribution in [2.24, 2.45) is 0 Å². The van der Waals surface area contributed by atoms with Gasteiger partial charge in [-0.3, -0.25) is 4.79 Å². The molecule has 0 atom stereocenters. The van der Waals surface area contributed by atoms with Gasteiger partial charge in [0, 0.05) is 55.0 Å². The van der Waals surface area contributed by atoms with Crippen molar-refractivity contribution in [3.8, 4) is 22.6 Å². The van der Waals surface area contributed by atoms with Gasteiger partial charge >= 0.3 is 0 Å². The monoisotopic (exact) mass is 553 g/mol. The number of ether oxygens (including phenoxy) is 2. The number of hydrogen-bond donors (Lipinski definition) is 1. The van der Waals surface area contributed by atoms with Crippen molar-refractivity contribution in [3.05, 3.63) is 77.2 Å². The maximum atomic E-state index is 14.7. The van der Waals surface area contributed by atoms with Gasteiger partial charge in [0.2, 0.25) is 6.41 Å². The van der Waals surface area contributed by atoms with Crippen LogP contribution in [-0.2, 0) is 4.79 Å². The van der Waals surface area contributed by atoms with E-state index in [0.29, 0.717) is 37.4 Å². The van der Waals surface area contributed by atoms with Crippen molar-refractivity contribution < 1.29 is 27.4 Å². The second-order valence-electron chi connectivity index (χ2n) is 9.99. The highest BCUT2D eigenvalue weighted by molar-refractivity contribution is 5.98. The zero-order valence-electron chi connectivity index (χ0n) is 23.4. The van der Waals surface area contributed by atoms with Gasteiger partial charge in [-0.15, -0.1) is 0 Å². The first kappa shape index (κ1) is 28.9. The molecule has 212 valence electrons. The number of methoxy groups -OCH3 is 2. The predicted molar refractivity (Wildman–Crippen MR) is 152 cm³/mol. The Hall–Kier alpha value is -4.14. The molecular formula is C31H34F3N3O3. The van der Waals surface area contributed by atoms with E-state index in [2.05, 4.69) is 4.98 Å². The summed E-state index contributed by atoms with van der Waals surface area (Å²) in [6, 6.07) is 13.8. The number of carbonyl (C=O) groups is 1. The van der Waals surface area contributed by atoms with Crippen LogP contribution in [0.4, 0.5) is 18.9 Å². The van der Waals surface area contributed by atoms with Gasteiger partial charge in [0.1, 0.15) is 11.6 Å². The lowest BCUT2D eigenvalue weighted by atomic mass is 9.93. The Morgan fingerprint density at radius 1 is 0.925 bits per heavy atom. The first-order valence-electron chi connectivity index (χ1n) is 13.1. The molecule has 1 aliphatic rings. The fraction of sp³-hybridized carbons (Fsp3) is 0.323. The molecule has 1 aliphatic heterocycles. The molecule has 0 radical (unpaired) electrons. The largest absolute Gasteiger partial charge is 0.496 e. The third kappa shape index (κ3) is 5.88. The van der Waals surface area contributed by atoms with E-state index in [1.54, 1.807) is 12.0 Å². The normalized spacial score (nSPS) is 13.3. The number of amides is 1. The summed E-state index contributed by atoms with van der Waals surface area (Å²) in [5.41, 5.74) is 4.61. The summed E-state index contributed by atoms with van der Waals surface area (Å²) in [5, 5.41) is 0.893. The topological polar surface area (TPSA) is 57.8 Å². The molecule has 0 saturated carbocycles. The Kier molecular flexibility index (Phi) is 8.92. The van der Waals surface area contributed by atoms with Crippen molar-refractivity contribution in [1.82, 2.24) is 9.88 Å². The molecule has 6 nitrogen and oxygen atoms in total. The van der Waals surface area contributed by atoms with Gasteiger partial charge in [0.15, 0.2) is 17.4 Å². The van der Waals surface area contributed by atoms with Crippen LogP contribution in [0.1, 0.15) is 31.0 Å². The van der Waals surface area contributed by atoms with Gasteiger partial charge in [-0.2, -0.15) is 0 Å². The van der Waals surface area contributed by atoms with Gasteiger partial charge in [0.25, 0.3) is 0 Å². The molecule has 1 fully saturated rings. The summed E-state index contributed by atoms with van der Waals surface area (Å²) in [4.78, 5) is 17.2. The van der Waals surface area contributed by atoms with E-state index in [1.807, 2.05) is 62.1 Å². The lowest BCUT2D eigenvalue weighted by molar-refractivity contribution is -0.118. The number of nitrogens with one attached hydrogen (secondary N) is 1. The number of benzene rings is 3. The second kappa shape index (κ2) is 12.4. The standard InChI is InChI=1S/C19H20FNO.C12H14F2N2O2/c1-11(2)14-10-15(13-7-5-6-8-17(13)22-4)16-9-12(3)21-19(16)18(14)20;1-18-12-10(14)6-9(13)7-11(12)16-4-2-15(8-17)3-5-16/h5-11,21H,1-4H3;6-8H,2-5H2,1H3. The van der Waals surface area contributed by atoms with E-state index in [0.717, 1.165) is 46.0 Å². The van der Waals surface area contributed by atoms with Gasteiger partial charge in [0.05, 0.1) is 25.4 Å². The minimum absolute atomic E-state index is 0.0379. The predicted octanol–water partition coefficient (Wildman–Crippen LogP) is 6.67. The lowest BCUT2D eigenvalue weighted by Crippen LogP contribution is -2.45. The van der Waals surface area contributed by atoms with Crippen molar-refractivity contribution in [1.29, 1.82) is 0 Å². The van der Waals surface area contributed by atoms with Crippen LogP contribution in [0.2, 0.25) is 0 Å². The van der Waals surface area contributed by atoms with Crippen molar-refractivity contribution in [2.45, 2.75) is 26.7 Å². The molecule has 1 aromatic heterocycles. The first-order chi connectivity index (χ1) is 19.2. The van der Waals surface area contributed by atoms with Crippen LogP contribution < -0.4 is 14.4 Å². The molecule has 1 saturated heterocycles. The minimum Gasteiger partial charge on any atom is -0.496 e. The van der Waals surface area contributed by atoms with Gasteiger partial charge < -0.3 is 24.3 Å². The van der Waals surface area contributed by atoms with Gasteiger partial charge in [-0.25, -0.2) is 13.2 Å². The van der Waals surface area contributed by atoms with Crippen LogP contribution in [0, 0.1) is 24.4 Å². The number of nitrogens with zero attached hydrogens (tertiary/aromatic N) is 2. The number of aromatic nitrogens is 1. The number of piperazine rings is 1. The molecular weight excluding hydrogens is 519 g/mol. The molecule has 0 unspecified atom stereocenters. The van der Waals surface area contributed by atoms with E-state index in [4.69, 9.17) is 9.47 Å². The molecule has 4 aromatic rings. The molecule has 40 heavy (non-hydrogen) atoms. The Labute approximate surface area is 232 Å². The highest BCUT2D eigenvalue weighted by atomic mass is 19.1. The Morgan fingerprint density at radius 2 is 1.62 bits per heavy atom. The zero-order valence-corrected chi connectivity index (χ0v) is 23.4. The zero-order chi connectivity index (χ0) is 29.0. The van der Waals surface area contributed by atoms with Crippen LogP contribution >= 0.6 is 0 Å². The summed E-state index contributed by atoms with van der Waals surface area (Å²) in [7, 11) is 3.01. The number of anilines is 1.